The molecule has 0 radical (unpaired) electrons. The zero-order valence-electron chi connectivity index (χ0n) is 8.58. The highest BCUT2D eigenvalue weighted by molar-refractivity contribution is 9.10. The Morgan fingerprint density at radius 3 is 3.00 bits per heavy atom. The summed E-state index contributed by atoms with van der Waals surface area (Å²) in [6.07, 6.45) is 5.25. The Bertz CT molecular complexity index is 359. The van der Waals surface area contributed by atoms with Gasteiger partial charge in [-0.2, -0.15) is 0 Å². The molecule has 1 aromatic heterocycles. The fraction of sp³-hybridized carbons (Fsp3) is 0.600. The van der Waals surface area contributed by atoms with Gasteiger partial charge in [0.1, 0.15) is 17.3 Å². The zero-order valence-corrected chi connectivity index (χ0v) is 10.9. The van der Waals surface area contributed by atoms with Crippen molar-refractivity contribution in [2.45, 2.75) is 32.2 Å². The van der Waals surface area contributed by atoms with Crippen LogP contribution in [0.2, 0.25) is 5.15 Å². The van der Waals surface area contributed by atoms with Crippen LogP contribution in [0.3, 0.4) is 0 Å². The molecular weight excluding hydrogens is 277 g/mol. The maximum Gasteiger partial charge on any atom is 0.148 e. The Morgan fingerprint density at radius 1 is 1.47 bits per heavy atom. The molecule has 15 heavy (non-hydrogen) atoms. The molecule has 0 aromatic carbocycles. The molecule has 3 nitrogen and oxygen atoms in total. The van der Waals surface area contributed by atoms with Gasteiger partial charge in [0.2, 0.25) is 0 Å². The highest BCUT2D eigenvalue weighted by atomic mass is 79.9. The van der Waals surface area contributed by atoms with Crippen LogP contribution in [0.5, 0.6) is 0 Å². The van der Waals surface area contributed by atoms with E-state index in [9.17, 15) is 0 Å². The van der Waals surface area contributed by atoms with Gasteiger partial charge in [-0.15, -0.1) is 0 Å². The Kier molecular flexibility index (Phi) is 3.46. The second-order valence-corrected chi connectivity index (χ2v) is 4.99. The first kappa shape index (κ1) is 11.1. The summed E-state index contributed by atoms with van der Waals surface area (Å²) in [6, 6.07) is 0.529. The van der Waals surface area contributed by atoms with E-state index >= 15 is 0 Å². The molecule has 0 amide bonds. The van der Waals surface area contributed by atoms with Gasteiger partial charge in [-0.25, -0.2) is 9.97 Å². The van der Waals surface area contributed by atoms with Crippen LogP contribution in [0.4, 0.5) is 5.82 Å². The molecule has 1 aliphatic rings. The number of nitrogens with zero attached hydrogens (tertiary/aromatic N) is 3. The molecular formula is C10H13BrClN3. The maximum atomic E-state index is 5.96. The Hall–Kier alpha value is -0.350. The molecule has 82 valence electrons. The summed E-state index contributed by atoms with van der Waals surface area (Å²) in [4.78, 5) is 10.5. The number of piperidine rings is 1. The summed E-state index contributed by atoms with van der Waals surface area (Å²) in [7, 11) is 0. The molecule has 1 aromatic rings. The van der Waals surface area contributed by atoms with Gasteiger partial charge >= 0.3 is 0 Å². The van der Waals surface area contributed by atoms with Crippen LogP contribution in [-0.4, -0.2) is 22.6 Å². The van der Waals surface area contributed by atoms with Crippen LogP contribution < -0.4 is 4.90 Å². The van der Waals surface area contributed by atoms with Crippen LogP contribution in [0.25, 0.3) is 0 Å². The van der Waals surface area contributed by atoms with Crippen molar-refractivity contribution in [1.82, 2.24) is 9.97 Å². The van der Waals surface area contributed by atoms with E-state index in [0.717, 1.165) is 16.8 Å². The van der Waals surface area contributed by atoms with Crippen LogP contribution in [0.1, 0.15) is 26.2 Å². The predicted molar refractivity (Wildman–Crippen MR) is 65.4 cm³/mol. The van der Waals surface area contributed by atoms with Crippen molar-refractivity contribution in [1.29, 1.82) is 0 Å². The van der Waals surface area contributed by atoms with E-state index in [-0.39, 0.29) is 0 Å². The number of rotatable bonds is 1. The van der Waals surface area contributed by atoms with Crippen molar-refractivity contribution in [3.63, 3.8) is 0 Å². The van der Waals surface area contributed by atoms with Crippen LogP contribution in [-0.2, 0) is 0 Å². The first-order valence-corrected chi connectivity index (χ1v) is 6.30. The smallest absolute Gasteiger partial charge is 0.148 e. The molecule has 0 spiro atoms. The summed E-state index contributed by atoms with van der Waals surface area (Å²) in [5.41, 5.74) is 0. The molecule has 0 saturated carbocycles. The van der Waals surface area contributed by atoms with Crippen molar-refractivity contribution in [3.05, 3.63) is 16.0 Å². The second kappa shape index (κ2) is 4.66. The molecule has 2 rings (SSSR count). The highest BCUT2D eigenvalue weighted by Crippen LogP contribution is 2.32. The second-order valence-electron chi connectivity index (χ2n) is 3.84. The van der Waals surface area contributed by atoms with E-state index in [1.54, 1.807) is 0 Å². The van der Waals surface area contributed by atoms with E-state index in [0.29, 0.717) is 11.2 Å². The third-order valence-electron chi connectivity index (χ3n) is 2.80. The van der Waals surface area contributed by atoms with Crippen LogP contribution in [0, 0.1) is 0 Å². The van der Waals surface area contributed by atoms with Crippen LogP contribution >= 0.6 is 27.5 Å². The summed E-state index contributed by atoms with van der Waals surface area (Å²) in [6.45, 7) is 3.27. The first-order chi connectivity index (χ1) is 7.20. The fourth-order valence-corrected chi connectivity index (χ4v) is 2.51. The summed E-state index contributed by atoms with van der Waals surface area (Å²) >= 11 is 9.40. The van der Waals surface area contributed by atoms with Crippen LogP contribution in [0.15, 0.2) is 10.8 Å². The number of anilines is 1. The molecule has 2 heterocycles. The molecule has 1 fully saturated rings. The first-order valence-electron chi connectivity index (χ1n) is 5.13. The zero-order chi connectivity index (χ0) is 10.8. The highest BCUT2D eigenvalue weighted by Gasteiger charge is 2.22. The summed E-state index contributed by atoms with van der Waals surface area (Å²) in [5, 5.41) is 0.484. The average Bonchev–Trinajstić information content (AvgIpc) is 2.23. The Morgan fingerprint density at radius 2 is 2.27 bits per heavy atom. The van der Waals surface area contributed by atoms with Gasteiger partial charge in [0.25, 0.3) is 0 Å². The van der Waals surface area contributed by atoms with Gasteiger partial charge in [-0.1, -0.05) is 11.6 Å². The van der Waals surface area contributed by atoms with Crippen molar-refractivity contribution >= 4 is 33.3 Å². The fourth-order valence-electron chi connectivity index (χ4n) is 1.95. The number of hydrogen-bond acceptors (Lipinski definition) is 3. The average molecular weight is 291 g/mol. The Labute approximate surface area is 103 Å². The topological polar surface area (TPSA) is 29.0 Å². The Balaban J connectivity index is 2.31. The van der Waals surface area contributed by atoms with E-state index in [2.05, 4.69) is 37.7 Å². The van der Waals surface area contributed by atoms with Crippen molar-refractivity contribution in [2.75, 3.05) is 11.4 Å². The lowest BCUT2D eigenvalue weighted by Gasteiger charge is -2.34. The van der Waals surface area contributed by atoms with Crippen molar-refractivity contribution < 1.29 is 0 Å². The molecule has 1 aliphatic heterocycles. The van der Waals surface area contributed by atoms with Gasteiger partial charge in [0.05, 0.1) is 4.47 Å². The van der Waals surface area contributed by atoms with Gasteiger partial charge in [0.15, 0.2) is 0 Å². The molecule has 1 saturated heterocycles. The van der Waals surface area contributed by atoms with E-state index in [1.807, 2.05) is 0 Å². The van der Waals surface area contributed by atoms with E-state index in [1.165, 1.54) is 25.6 Å². The van der Waals surface area contributed by atoms with Gasteiger partial charge < -0.3 is 4.90 Å². The largest absolute Gasteiger partial charge is 0.353 e. The lowest BCUT2D eigenvalue weighted by Crippen LogP contribution is -2.38. The number of hydrogen-bond donors (Lipinski definition) is 0. The van der Waals surface area contributed by atoms with E-state index < -0.39 is 0 Å². The van der Waals surface area contributed by atoms with Gasteiger partial charge in [-0.05, 0) is 42.1 Å². The molecule has 5 heteroatoms. The molecule has 0 aliphatic carbocycles. The maximum absolute atomic E-state index is 5.96. The quantitative estimate of drug-likeness (QED) is 0.743. The molecule has 1 atom stereocenters. The summed E-state index contributed by atoms with van der Waals surface area (Å²) < 4.78 is 0.806. The number of aromatic nitrogens is 2. The third kappa shape index (κ3) is 2.26. The van der Waals surface area contributed by atoms with E-state index in [4.69, 9.17) is 11.6 Å². The van der Waals surface area contributed by atoms with Crippen molar-refractivity contribution in [3.8, 4) is 0 Å². The minimum absolute atomic E-state index is 0.484. The normalized spacial score (nSPS) is 21.8. The molecule has 0 N–H and O–H groups in total. The SMILES string of the molecule is CC1CCCCN1c1ncnc(Cl)c1Br. The minimum Gasteiger partial charge on any atom is -0.353 e. The third-order valence-corrected chi connectivity index (χ3v) is 4.05. The lowest BCUT2D eigenvalue weighted by molar-refractivity contribution is 0.480. The standard InChI is InChI=1S/C10H13BrClN3/c1-7-4-2-3-5-15(7)10-8(11)9(12)13-6-14-10/h6-7H,2-5H2,1H3. The monoisotopic (exact) mass is 289 g/mol. The molecule has 0 bridgehead atoms. The summed E-state index contributed by atoms with van der Waals surface area (Å²) in [5.74, 6) is 0.919. The number of halogens is 2. The molecule has 1 unspecified atom stereocenters. The minimum atomic E-state index is 0.484. The van der Waals surface area contributed by atoms with Gasteiger partial charge in [0, 0.05) is 12.6 Å². The van der Waals surface area contributed by atoms with Crippen molar-refractivity contribution in [2.24, 2.45) is 0 Å². The predicted octanol–water partition coefficient (Wildman–Crippen LogP) is 3.27. The lowest BCUT2D eigenvalue weighted by atomic mass is 10.0. The van der Waals surface area contributed by atoms with Gasteiger partial charge in [-0.3, -0.25) is 0 Å².